The molecule has 94 valence electrons. The molecule has 2 heterocycles. The van der Waals surface area contributed by atoms with Crippen LogP contribution < -0.4 is 5.32 Å². The first-order valence-corrected chi connectivity index (χ1v) is 5.21. The Morgan fingerprint density at radius 3 is 2.59 bits per heavy atom. The predicted octanol–water partition coefficient (Wildman–Crippen LogP) is 1.54. The number of morpholine rings is 1. The Bertz CT molecular complexity index is 379. The van der Waals surface area contributed by atoms with E-state index in [9.17, 15) is 13.2 Å². The highest BCUT2D eigenvalue weighted by atomic mass is 19.4. The number of rotatable bonds is 1. The van der Waals surface area contributed by atoms with Gasteiger partial charge in [-0.05, 0) is 19.1 Å². The van der Waals surface area contributed by atoms with E-state index >= 15 is 0 Å². The molecule has 0 radical (unpaired) electrons. The van der Waals surface area contributed by atoms with Gasteiger partial charge in [0.15, 0.2) is 5.69 Å². The molecule has 1 aliphatic heterocycles. The summed E-state index contributed by atoms with van der Waals surface area (Å²) in [6.45, 7) is 2.92. The van der Waals surface area contributed by atoms with Crippen molar-refractivity contribution < 1.29 is 17.9 Å². The van der Waals surface area contributed by atoms with E-state index in [0.29, 0.717) is 18.9 Å². The monoisotopic (exact) mass is 247 g/mol. The van der Waals surface area contributed by atoms with Gasteiger partial charge in [0.05, 0.1) is 24.9 Å². The van der Waals surface area contributed by atoms with Crippen LogP contribution in [-0.2, 0) is 10.9 Å². The lowest BCUT2D eigenvalue weighted by Gasteiger charge is -2.28. The van der Waals surface area contributed by atoms with Crippen molar-refractivity contribution in [3.8, 4) is 0 Å². The highest BCUT2D eigenvalue weighted by Gasteiger charge is 2.33. The molecule has 0 saturated carbocycles. The van der Waals surface area contributed by atoms with E-state index in [2.05, 4.69) is 15.5 Å². The molecule has 0 aliphatic carbocycles. The topological polar surface area (TPSA) is 47.0 Å². The first-order chi connectivity index (χ1) is 7.97. The summed E-state index contributed by atoms with van der Waals surface area (Å²) in [4.78, 5) is 0. The highest BCUT2D eigenvalue weighted by Crippen LogP contribution is 2.27. The van der Waals surface area contributed by atoms with Crippen molar-refractivity contribution in [2.75, 3.05) is 13.2 Å². The average Bonchev–Trinajstić information content (AvgIpc) is 2.28. The molecule has 0 bridgehead atoms. The number of alkyl halides is 3. The first kappa shape index (κ1) is 12.3. The fraction of sp³-hybridized carbons (Fsp3) is 0.600. The zero-order valence-corrected chi connectivity index (χ0v) is 9.16. The first-order valence-electron chi connectivity index (χ1n) is 5.21. The van der Waals surface area contributed by atoms with Crippen LogP contribution in [0.25, 0.3) is 0 Å². The second kappa shape index (κ2) is 4.58. The summed E-state index contributed by atoms with van der Waals surface area (Å²) >= 11 is 0. The van der Waals surface area contributed by atoms with Gasteiger partial charge in [-0.25, -0.2) is 0 Å². The maximum atomic E-state index is 12.3. The molecule has 2 unspecified atom stereocenters. The largest absolute Gasteiger partial charge is 0.435 e. The molecule has 17 heavy (non-hydrogen) atoms. The standard InChI is InChI=1S/C10H12F3N3O/c1-6-4-17-5-8(14-6)7-2-3-9(16-15-7)10(11,12)13/h2-3,6,8,14H,4-5H2,1H3. The van der Waals surface area contributed by atoms with Crippen LogP contribution in [0.2, 0.25) is 0 Å². The fourth-order valence-electron chi connectivity index (χ4n) is 1.65. The quantitative estimate of drug-likeness (QED) is 0.817. The van der Waals surface area contributed by atoms with Gasteiger partial charge < -0.3 is 10.1 Å². The van der Waals surface area contributed by atoms with E-state index in [-0.39, 0.29) is 12.1 Å². The average molecular weight is 247 g/mol. The number of nitrogens with one attached hydrogen (secondary N) is 1. The minimum atomic E-state index is -4.45. The SMILES string of the molecule is CC1COCC(c2ccc(C(F)(F)F)nn2)N1. The van der Waals surface area contributed by atoms with E-state index in [4.69, 9.17) is 4.74 Å². The molecule has 0 spiro atoms. The lowest BCUT2D eigenvalue weighted by molar-refractivity contribution is -0.141. The highest BCUT2D eigenvalue weighted by molar-refractivity contribution is 5.13. The third-order valence-electron chi connectivity index (χ3n) is 2.47. The van der Waals surface area contributed by atoms with Crippen molar-refractivity contribution in [1.29, 1.82) is 0 Å². The van der Waals surface area contributed by atoms with Gasteiger partial charge in [0, 0.05) is 6.04 Å². The molecule has 1 N–H and O–H groups in total. The Morgan fingerprint density at radius 1 is 1.29 bits per heavy atom. The van der Waals surface area contributed by atoms with Gasteiger partial charge in [0.25, 0.3) is 0 Å². The summed E-state index contributed by atoms with van der Waals surface area (Å²) in [5.41, 5.74) is -0.518. The summed E-state index contributed by atoms with van der Waals surface area (Å²) in [6.07, 6.45) is -4.45. The molecular weight excluding hydrogens is 235 g/mol. The second-order valence-corrected chi connectivity index (χ2v) is 4.00. The van der Waals surface area contributed by atoms with Crippen LogP contribution in [0.15, 0.2) is 12.1 Å². The lowest BCUT2D eigenvalue weighted by atomic mass is 10.1. The van der Waals surface area contributed by atoms with Crippen molar-refractivity contribution in [2.45, 2.75) is 25.2 Å². The smallest absolute Gasteiger partial charge is 0.378 e. The molecule has 1 saturated heterocycles. The van der Waals surface area contributed by atoms with Gasteiger partial charge in [0.2, 0.25) is 0 Å². The van der Waals surface area contributed by atoms with Gasteiger partial charge in [-0.3, -0.25) is 0 Å². The van der Waals surface area contributed by atoms with Gasteiger partial charge in [0.1, 0.15) is 0 Å². The predicted molar refractivity (Wildman–Crippen MR) is 53.2 cm³/mol. The molecule has 2 rings (SSSR count). The molecule has 2 atom stereocenters. The number of halogens is 3. The Labute approximate surface area is 96.2 Å². The van der Waals surface area contributed by atoms with Crippen LogP contribution in [0, 0.1) is 0 Å². The Hall–Kier alpha value is -1.21. The van der Waals surface area contributed by atoms with E-state index in [1.54, 1.807) is 0 Å². The van der Waals surface area contributed by atoms with Crippen molar-refractivity contribution in [1.82, 2.24) is 15.5 Å². The maximum Gasteiger partial charge on any atom is 0.435 e. The summed E-state index contributed by atoms with van der Waals surface area (Å²) in [5.74, 6) is 0. The zero-order chi connectivity index (χ0) is 12.5. The van der Waals surface area contributed by atoms with Crippen molar-refractivity contribution in [3.63, 3.8) is 0 Å². The van der Waals surface area contributed by atoms with Crippen LogP contribution in [0.3, 0.4) is 0 Å². The molecule has 0 amide bonds. The van der Waals surface area contributed by atoms with E-state index in [0.717, 1.165) is 6.07 Å². The Morgan fingerprint density at radius 2 is 2.06 bits per heavy atom. The van der Waals surface area contributed by atoms with E-state index in [1.807, 2.05) is 6.92 Å². The molecule has 1 aromatic rings. The molecule has 7 heteroatoms. The number of ether oxygens (including phenoxy) is 1. The molecule has 1 aromatic heterocycles. The van der Waals surface area contributed by atoms with Crippen LogP contribution >= 0.6 is 0 Å². The fourth-order valence-corrected chi connectivity index (χ4v) is 1.65. The summed E-state index contributed by atoms with van der Waals surface area (Å²) in [5, 5.41) is 9.95. The molecule has 4 nitrogen and oxygen atoms in total. The molecular formula is C10H12F3N3O. The van der Waals surface area contributed by atoms with E-state index < -0.39 is 11.9 Å². The van der Waals surface area contributed by atoms with Crippen LogP contribution in [-0.4, -0.2) is 29.5 Å². The third kappa shape index (κ3) is 2.92. The summed E-state index contributed by atoms with van der Waals surface area (Å²) < 4.78 is 42.1. The van der Waals surface area contributed by atoms with Crippen LogP contribution in [0.1, 0.15) is 24.4 Å². The number of aromatic nitrogens is 2. The number of hydrogen-bond donors (Lipinski definition) is 1. The van der Waals surface area contributed by atoms with Crippen LogP contribution in [0.4, 0.5) is 13.2 Å². The Kier molecular flexibility index (Phi) is 3.30. The normalized spacial score (nSPS) is 25.9. The maximum absolute atomic E-state index is 12.3. The van der Waals surface area contributed by atoms with Crippen LogP contribution in [0.5, 0.6) is 0 Å². The number of hydrogen-bond acceptors (Lipinski definition) is 4. The summed E-state index contributed by atoms with van der Waals surface area (Å²) in [7, 11) is 0. The minimum Gasteiger partial charge on any atom is -0.378 e. The number of nitrogens with zero attached hydrogens (tertiary/aromatic N) is 2. The third-order valence-corrected chi connectivity index (χ3v) is 2.47. The van der Waals surface area contributed by atoms with Crippen molar-refractivity contribution in [2.24, 2.45) is 0 Å². The molecule has 1 aliphatic rings. The molecule has 1 fully saturated rings. The van der Waals surface area contributed by atoms with Crippen molar-refractivity contribution in [3.05, 3.63) is 23.5 Å². The van der Waals surface area contributed by atoms with E-state index in [1.165, 1.54) is 6.07 Å². The summed E-state index contributed by atoms with van der Waals surface area (Å²) in [6, 6.07) is 2.21. The van der Waals surface area contributed by atoms with Gasteiger partial charge in [-0.15, -0.1) is 5.10 Å². The van der Waals surface area contributed by atoms with Gasteiger partial charge >= 0.3 is 6.18 Å². The zero-order valence-electron chi connectivity index (χ0n) is 9.16. The van der Waals surface area contributed by atoms with Gasteiger partial charge in [-0.2, -0.15) is 18.3 Å². The van der Waals surface area contributed by atoms with Gasteiger partial charge in [-0.1, -0.05) is 0 Å². The van der Waals surface area contributed by atoms with Crippen molar-refractivity contribution >= 4 is 0 Å². The molecule has 0 aromatic carbocycles. The lowest BCUT2D eigenvalue weighted by Crippen LogP contribution is -2.42. The Balaban J connectivity index is 2.12. The second-order valence-electron chi connectivity index (χ2n) is 4.00. The minimum absolute atomic E-state index is 0.151.